The number of hydrogen-bond acceptors (Lipinski definition) is 4. The van der Waals surface area contributed by atoms with Crippen LogP contribution in [0.5, 0.6) is 5.75 Å². The summed E-state index contributed by atoms with van der Waals surface area (Å²) in [6.45, 7) is 5.63. The summed E-state index contributed by atoms with van der Waals surface area (Å²) in [4.78, 5) is 20.5. The zero-order valence-electron chi connectivity index (χ0n) is 10.5. The molecule has 0 aromatic carbocycles. The highest BCUT2D eigenvalue weighted by Gasteiger charge is 2.26. The summed E-state index contributed by atoms with van der Waals surface area (Å²) in [5.74, 6) is 0.995. The van der Waals surface area contributed by atoms with Gasteiger partial charge in [0.1, 0.15) is 5.82 Å². The molecule has 6 nitrogen and oxygen atoms in total. The van der Waals surface area contributed by atoms with E-state index in [0.717, 1.165) is 0 Å². The van der Waals surface area contributed by atoms with Gasteiger partial charge in [-0.2, -0.15) is 0 Å². The quantitative estimate of drug-likeness (QED) is 0.869. The van der Waals surface area contributed by atoms with Gasteiger partial charge in [0.2, 0.25) is 0 Å². The van der Waals surface area contributed by atoms with Crippen molar-refractivity contribution in [3.05, 3.63) is 18.2 Å². The van der Waals surface area contributed by atoms with Crippen LogP contribution in [-0.4, -0.2) is 38.7 Å². The van der Waals surface area contributed by atoms with Crippen molar-refractivity contribution in [3.63, 3.8) is 0 Å². The van der Waals surface area contributed by atoms with Gasteiger partial charge in [0.15, 0.2) is 5.75 Å². The van der Waals surface area contributed by atoms with Crippen molar-refractivity contribution in [1.82, 2.24) is 14.9 Å². The molecule has 0 spiro atoms. The van der Waals surface area contributed by atoms with Crippen molar-refractivity contribution >= 4 is 6.09 Å². The van der Waals surface area contributed by atoms with Crippen LogP contribution in [0.25, 0.3) is 0 Å². The normalized spacial score (nSPS) is 11.1. The molecule has 0 radical (unpaired) electrons. The van der Waals surface area contributed by atoms with E-state index in [9.17, 15) is 4.79 Å². The Hall–Kier alpha value is -1.85. The van der Waals surface area contributed by atoms with E-state index in [1.807, 2.05) is 20.8 Å². The SMILES string of the molecule is COc1cnc(CN(C(=O)O)C(C)(C)C)nc1. The molecular weight excluding hydrogens is 222 g/mol. The molecule has 94 valence electrons. The molecule has 0 atom stereocenters. The van der Waals surface area contributed by atoms with Crippen molar-refractivity contribution in [2.45, 2.75) is 32.9 Å². The third kappa shape index (κ3) is 3.58. The summed E-state index contributed by atoms with van der Waals surface area (Å²) in [5.41, 5.74) is -0.491. The van der Waals surface area contributed by atoms with E-state index in [-0.39, 0.29) is 6.54 Å². The summed E-state index contributed by atoms with van der Waals surface area (Å²) >= 11 is 0. The van der Waals surface area contributed by atoms with E-state index in [4.69, 9.17) is 9.84 Å². The van der Waals surface area contributed by atoms with E-state index < -0.39 is 11.6 Å². The number of ether oxygens (including phenoxy) is 1. The van der Waals surface area contributed by atoms with Crippen LogP contribution in [0.15, 0.2) is 12.4 Å². The second-order valence-corrected chi connectivity index (χ2v) is 4.58. The molecular formula is C11H17N3O3. The van der Waals surface area contributed by atoms with Crippen LogP contribution >= 0.6 is 0 Å². The Bertz CT molecular complexity index is 384. The molecule has 1 heterocycles. The summed E-state index contributed by atoms with van der Waals surface area (Å²) in [6.07, 6.45) is 2.05. The molecule has 6 heteroatoms. The zero-order valence-corrected chi connectivity index (χ0v) is 10.5. The highest BCUT2D eigenvalue weighted by atomic mass is 16.5. The monoisotopic (exact) mass is 239 g/mol. The van der Waals surface area contributed by atoms with Gasteiger partial charge in [0.25, 0.3) is 0 Å². The lowest BCUT2D eigenvalue weighted by Crippen LogP contribution is -2.44. The maximum absolute atomic E-state index is 11.1. The van der Waals surface area contributed by atoms with Crippen molar-refractivity contribution in [1.29, 1.82) is 0 Å². The minimum atomic E-state index is -0.989. The number of rotatable bonds is 3. The number of carboxylic acid groups (broad SMARTS) is 1. The van der Waals surface area contributed by atoms with E-state index in [1.165, 1.54) is 24.4 Å². The van der Waals surface area contributed by atoms with E-state index in [2.05, 4.69) is 9.97 Å². The first-order valence-corrected chi connectivity index (χ1v) is 5.20. The first kappa shape index (κ1) is 13.2. The number of nitrogens with zero attached hydrogens (tertiary/aromatic N) is 3. The Balaban J connectivity index is 2.83. The number of methoxy groups -OCH3 is 1. The molecule has 0 aliphatic rings. The average molecular weight is 239 g/mol. The summed E-state index contributed by atoms with van der Waals surface area (Å²) in [7, 11) is 1.52. The number of amides is 1. The average Bonchev–Trinajstić information content (AvgIpc) is 2.24. The van der Waals surface area contributed by atoms with Gasteiger partial charge in [-0.25, -0.2) is 14.8 Å². The maximum atomic E-state index is 11.1. The Morgan fingerprint density at radius 1 is 1.41 bits per heavy atom. The minimum Gasteiger partial charge on any atom is -0.494 e. The highest BCUT2D eigenvalue weighted by Crippen LogP contribution is 2.16. The molecule has 1 rings (SSSR count). The number of aromatic nitrogens is 2. The predicted molar refractivity (Wildman–Crippen MR) is 61.9 cm³/mol. The lowest BCUT2D eigenvalue weighted by Gasteiger charge is -2.32. The Morgan fingerprint density at radius 2 is 1.94 bits per heavy atom. The minimum absolute atomic E-state index is 0.156. The van der Waals surface area contributed by atoms with Crippen molar-refractivity contribution in [3.8, 4) is 5.75 Å². The molecule has 17 heavy (non-hydrogen) atoms. The molecule has 0 bridgehead atoms. The molecule has 1 amide bonds. The fraction of sp³-hybridized carbons (Fsp3) is 0.545. The van der Waals surface area contributed by atoms with Crippen LogP contribution in [0.3, 0.4) is 0 Å². The molecule has 1 aromatic rings. The van der Waals surface area contributed by atoms with Crippen LogP contribution in [0.4, 0.5) is 4.79 Å². The third-order valence-electron chi connectivity index (χ3n) is 2.26. The summed E-state index contributed by atoms with van der Waals surface area (Å²) < 4.78 is 4.93. The third-order valence-corrected chi connectivity index (χ3v) is 2.26. The fourth-order valence-corrected chi connectivity index (χ4v) is 1.26. The second kappa shape index (κ2) is 4.99. The smallest absolute Gasteiger partial charge is 0.408 e. The number of carbonyl (C=O) groups is 1. The topological polar surface area (TPSA) is 75.5 Å². The highest BCUT2D eigenvalue weighted by molar-refractivity contribution is 5.65. The van der Waals surface area contributed by atoms with Gasteiger partial charge in [-0.15, -0.1) is 0 Å². The Kier molecular flexibility index (Phi) is 3.88. The van der Waals surface area contributed by atoms with Crippen LogP contribution in [0.2, 0.25) is 0 Å². The standard InChI is InChI=1S/C11H17N3O3/c1-11(2,3)14(10(15)16)7-9-12-5-8(17-4)6-13-9/h5-6H,7H2,1-4H3,(H,15,16). The van der Waals surface area contributed by atoms with Gasteiger partial charge in [-0.1, -0.05) is 0 Å². The first-order valence-electron chi connectivity index (χ1n) is 5.20. The van der Waals surface area contributed by atoms with Crippen molar-refractivity contribution < 1.29 is 14.6 Å². The van der Waals surface area contributed by atoms with E-state index >= 15 is 0 Å². The Morgan fingerprint density at radius 3 is 2.29 bits per heavy atom. The first-order chi connectivity index (χ1) is 7.84. The molecule has 0 fully saturated rings. The largest absolute Gasteiger partial charge is 0.494 e. The summed E-state index contributed by atoms with van der Waals surface area (Å²) in [6, 6.07) is 0. The predicted octanol–water partition coefficient (Wildman–Crippen LogP) is 1.76. The van der Waals surface area contributed by atoms with Crippen LogP contribution in [0.1, 0.15) is 26.6 Å². The second-order valence-electron chi connectivity index (χ2n) is 4.58. The van der Waals surface area contributed by atoms with Gasteiger partial charge in [-0.3, -0.25) is 4.90 Å². The molecule has 1 aromatic heterocycles. The van der Waals surface area contributed by atoms with Gasteiger partial charge in [0.05, 0.1) is 26.0 Å². The number of hydrogen-bond donors (Lipinski definition) is 1. The zero-order chi connectivity index (χ0) is 13.1. The van der Waals surface area contributed by atoms with Gasteiger partial charge >= 0.3 is 6.09 Å². The van der Waals surface area contributed by atoms with Gasteiger partial charge in [0, 0.05) is 5.54 Å². The van der Waals surface area contributed by atoms with Gasteiger partial charge in [-0.05, 0) is 20.8 Å². The lowest BCUT2D eigenvalue weighted by atomic mass is 10.1. The molecule has 0 aliphatic heterocycles. The van der Waals surface area contributed by atoms with Crippen LogP contribution in [0, 0.1) is 0 Å². The Labute approximate surface area is 100 Å². The molecule has 1 N–H and O–H groups in total. The fourth-order valence-electron chi connectivity index (χ4n) is 1.26. The van der Waals surface area contributed by atoms with Crippen molar-refractivity contribution in [2.75, 3.05) is 7.11 Å². The molecule has 0 aliphatic carbocycles. The van der Waals surface area contributed by atoms with E-state index in [0.29, 0.717) is 11.6 Å². The van der Waals surface area contributed by atoms with Crippen LogP contribution in [-0.2, 0) is 6.54 Å². The molecule has 0 saturated heterocycles. The maximum Gasteiger partial charge on any atom is 0.408 e. The van der Waals surface area contributed by atoms with E-state index in [1.54, 1.807) is 0 Å². The van der Waals surface area contributed by atoms with Gasteiger partial charge < -0.3 is 9.84 Å². The lowest BCUT2D eigenvalue weighted by molar-refractivity contribution is 0.0937. The van der Waals surface area contributed by atoms with Crippen molar-refractivity contribution in [2.24, 2.45) is 0 Å². The summed E-state index contributed by atoms with van der Waals surface area (Å²) in [5, 5.41) is 9.12. The van der Waals surface area contributed by atoms with Crippen LogP contribution < -0.4 is 4.74 Å². The molecule has 0 saturated carbocycles. The molecule has 0 unspecified atom stereocenters.